The van der Waals surface area contributed by atoms with E-state index in [1.54, 1.807) is 0 Å². The first-order valence-electron chi connectivity index (χ1n) is 13.6. The Bertz CT molecular complexity index is 1060. The summed E-state index contributed by atoms with van der Waals surface area (Å²) >= 11 is 0. The monoisotopic (exact) mass is 503 g/mol. The van der Waals surface area contributed by atoms with E-state index in [2.05, 4.69) is 31.7 Å². The SMILES string of the molecule is CO[C@]12CC[C@@]3(C[C@@H]1[C@](C)(O)C(C)(C)C)[C@H]1Cc4ccc(O)c5c4[C@@]3(CCN1CC1CC1)[C@H]2O5.Cl. The number of likely N-dealkylation sites (tertiary alicyclic amines) is 1. The molecule has 1 aromatic rings. The van der Waals surface area contributed by atoms with E-state index in [-0.39, 0.29) is 46.4 Å². The molecule has 8 rings (SSSR count). The number of fused-ring (bicyclic) bond motifs is 2. The first-order chi connectivity index (χ1) is 16.0. The molecule has 7 atom stereocenters. The summed E-state index contributed by atoms with van der Waals surface area (Å²) in [7, 11) is 1.83. The zero-order chi connectivity index (χ0) is 23.9. The smallest absolute Gasteiger partial charge is 0.165 e. The Labute approximate surface area is 216 Å². The lowest BCUT2D eigenvalue weighted by Gasteiger charge is -2.75. The van der Waals surface area contributed by atoms with Crippen LogP contribution in [0.1, 0.15) is 77.3 Å². The van der Waals surface area contributed by atoms with Gasteiger partial charge in [-0.05, 0) is 81.4 Å². The maximum absolute atomic E-state index is 12.2. The number of hydrogen-bond acceptors (Lipinski definition) is 5. The molecule has 7 aliphatic rings. The topological polar surface area (TPSA) is 62.2 Å². The predicted octanol–water partition coefficient (Wildman–Crippen LogP) is 4.84. The molecule has 4 saturated carbocycles. The average Bonchev–Trinajstić information content (AvgIpc) is 3.53. The van der Waals surface area contributed by atoms with E-state index in [0.717, 1.165) is 44.6 Å². The van der Waals surface area contributed by atoms with Crippen molar-refractivity contribution >= 4 is 12.4 Å². The molecule has 5 nitrogen and oxygen atoms in total. The van der Waals surface area contributed by atoms with E-state index in [1.165, 1.54) is 30.5 Å². The summed E-state index contributed by atoms with van der Waals surface area (Å²) in [6, 6.07) is 4.46. The molecule has 4 bridgehead atoms. The fourth-order valence-electron chi connectivity index (χ4n) is 9.58. The Kier molecular flexibility index (Phi) is 4.93. The molecule has 0 unspecified atom stereocenters. The second kappa shape index (κ2) is 7.09. The molecule has 194 valence electrons. The van der Waals surface area contributed by atoms with Crippen molar-refractivity contribution < 1.29 is 19.7 Å². The highest BCUT2D eigenvalue weighted by Gasteiger charge is 2.82. The van der Waals surface area contributed by atoms with Crippen LogP contribution in [0.25, 0.3) is 0 Å². The predicted molar refractivity (Wildman–Crippen MR) is 137 cm³/mol. The van der Waals surface area contributed by atoms with Gasteiger partial charge in [0.25, 0.3) is 0 Å². The highest BCUT2D eigenvalue weighted by molar-refractivity contribution is 5.85. The number of phenols is 1. The third-order valence-electron chi connectivity index (χ3n) is 11.9. The summed E-state index contributed by atoms with van der Waals surface area (Å²) < 4.78 is 13.5. The van der Waals surface area contributed by atoms with Crippen LogP contribution in [0.2, 0.25) is 0 Å². The van der Waals surface area contributed by atoms with Gasteiger partial charge in [-0.2, -0.15) is 0 Å². The van der Waals surface area contributed by atoms with Gasteiger partial charge in [0, 0.05) is 42.0 Å². The molecule has 1 aromatic carbocycles. The third-order valence-corrected chi connectivity index (χ3v) is 11.9. The van der Waals surface area contributed by atoms with Gasteiger partial charge in [0.15, 0.2) is 11.5 Å². The maximum Gasteiger partial charge on any atom is 0.165 e. The Balaban J connectivity index is 0.00000229. The van der Waals surface area contributed by atoms with E-state index >= 15 is 0 Å². The largest absolute Gasteiger partial charge is 0.504 e. The van der Waals surface area contributed by atoms with Gasteiger partial charge in [-0.1, -0.05) is 26.8 Å². The van der Waals surface area contributed by atoms with Crippen molar-refractivity contribution in [3.05, 3.63) is 23.3 Å². The van der Waals surface area contributed by atoms with Gasteiger partial charge in [0.1, 0.15) is 11.7 Å². The summed E-state index contributed by atoms with van der Waals surface area (Å²) in [6.45, 7) is 10.8. The van der Waals surface area contributed by atoms with Crippen LogP contribution in [-0.4, -0.2) is 58.7 Å². The van der Waals surface area contributed by atoms with E-state index in [1.807, 2.05) is 20.1 Å². The number of halogens is 1. The Morgan fingerprint density at radius 1 is 1.14 bits per heavy atom. The molecule has 1 saturated heterocycles. The van der Waals surface area contributed by atoms with E-state index in [4.69, 9.17) is 9.47 Å². The number of ether oxygens (including phenoxy) is 2. The fourth-order valence-corrected chi connectivity index (χ4v) is 9.58. The van der Waals surface area contributed by atoms with Crippen LogP contribution >= 0.6 is 12.4 Å². The number of rotatable bonds is 4. The van der Waals surface area contributed by atoms with Crippen LogP contribution in [0, 0.1) is 22.7 Å². The molecule has 2 aliphatic heterocycles. The van der Waals surface area contributed by atoms with Gasteiger partial charge in [-0.3, -0.25) is 4.90 Å². The minimum Gasteiger partial charge on any atom is -0.504 e. The van der Waals surface area contributed by atoms with Gasteiger partial charge in [-0.15, -0.1) is 12.4 Å². The molecule has 5 fully saturated rings. The number of nitrogens with zero attached hydrogens (tertiary/aromatic N) is 1. The Hall–Kier alpha value is -1.01. The number of aliphatic hydroxyl groups is 1. The average molecular weight is 504 g/mol. The molecule has 5 aliphatic carbocycles. The number of hydrogen-bond donors (Lipinski definition) is 2. The molecule has 0 aromatic heterocycles. The van der Waals surface area contributed by atoms with Crippen molar-refractivity contribution in [2.75, 3.05) is 20.2 Å². The number of benzene rings is 1. The third kappa shape index (κ3) is 2.62. The van der Waals surface area contributed by atoms with Crippen molar-refractivity contribution in [3.8, 4) is 11.5 Å². The van der Waals surface area contributed by atoms with Crippen LogP contribution in [0.3, 0.4) is 0 Å². The highest BCUT2D eigenvalue weighted by atomic mass is 35.5. The minimum absolute atomic E-state index is 0. The summed E-state index contributed by atoms with van der Waals surface area (Å²) in [5.74, 6) is 1.80. The van der Waals surface area contributed by atoms with Crippen LogP contribution in [-0.2, 0) is 16.6 Å². The number of methoxy groups -OCH3 is 1. The minimum atomic E-state index is -0.909. The van der Waals surface area contributed by atoms with Crippen molar-refractivity contribution in [1.82, 2.24) is 4.90 Å². The van der Waals surface area contributed by atoms with Crippen LogP contribution in [0.4, 0.5) is 0 Å². The molecule has 2 spiro atoms. The Morgan fingerprint density at radius 2 is 1.89 bits per heavy atom. The van der Waals surface area contributed by atoms with Crippen LogP contribution < -0.4 is 4.74 Å². The number of piperidine rings is 1. The van der Waals surface area contributed by atoms with E-state index < -0.39 is 11.2 Å². The van der Waals surface area contributed by atoms with Gasteiger partial charge in [0.2, 0.25) is 0 Å². The zero-order valence-corrected chi connectivity index (χ0v) is 22.7. The van der Waals surface area contributed by atoms with Crippen molar-refractivity contribution in [1.29, 1.82) is 0 Å². The highest BCUT2D eigenvalue weighted by Crippen LogP contribution is 2.78. The van der Waals surface area contributed by atoms with Crippen LogP contribution in [0.5, 0.6) is 11.5 Å². The maximum atomic E-state index is 12.2. The van der Waals surface area contributed by atoms with E-state index in [9.17, 15) is 10.2 Å². The first-order valence-corrected chi connectivity index (χ1v) is 13.6. The van der Waals surface area contributed by atoms with E-state index in [0.29, 0.717) is 11.8 Å². The molecule has 0 amide bonds. The standard InChI is InChI=1S/C29H41NO4.ClH/c1-25(2,3)26(4,32)20-15-27-10-11-29(20,33-5)24-28(27)12-13-30(16-17-6-7-17)21(27)14-18-8-9-19(31)23(34-24)22(18)28;/h8-9,17,20-21,24,31-32H,6-7,10-16H2,1-5H3;1H/t20-,21-,24-,26+,27-,28+,29-;/m1./s1. The summed E-state index contributed by atoms with van der Waals surface area (Å²) in [5, 5.41) is 23.2. The van der Waals surface area contributed by atoms with Gasteiger partial charge in [-0.25, -0.2) is 0 Å². The summed E-state index contributed by atoms with van der Waals surface area (Å²) in [5.41, 5.74) is 0.783. The van der Waals surface area contributed by atoms with Gasteiger partial charge < -0.3 is 19.7 Å². The lowest BCUT2D eigenvalue weighted by molar-refractivity contribution is -0.312. The fraction of sp³-hybridized carbons (Fsp3) is 0.793. The molecule has 2 N–H and O–H groups in total. The van der Waals surface area contributed by atoms with Crippen molar-refractivity contribution in [2.24, 2.45) is 22.7 Å². The van der Waals surface area contributed by atoms with Gasteiger partial charge in [0.05, 0.1) is 5.60 Å². The zero-order valence-electron chi connectivity index (χ0n) is 21.9. The number of aromatic hydroxyl groups is 1. The van der Waals surface area contributed by atoms with Crippen molar-refractivity contribution in [2.45, 2.75) is 101 Å². The quantitative estimate of drug-likeness (QED) is 0.616. The number of phenolic OH excluding ortho intramolecular Hbond substituents is 1. The molecular weight excluding hydrogens is 462 g/mol. The summed E-state index contributed by atoms with van der Waals surface area (Å²) in [6.07, 6.45) is 7.64. The molecule has 35 heavy (non-hydrogen) atoms. The molecule has 2 heterocycles. The molecular formula is C29H42ClNO4. The van der Waals surface area contributed by atoms with Crippen molar-refractivity contribution in [3.63, 3.8) is 0 Å². The first kappa shape index (κ1) is 24.3. The second-order valence-corrected chi connectivity index (χ2v) is 13.8. The lowest BCUT2D eigenvalue weighted by Crippen LogP contribution is -2.83. The lowest BCUT2D eigenvalue weighted by atomic mass is 9.33. The molecule has 0 radical (unpaired) electrons. The molecule has 6 heteroatoms. The second-order valence-electron chi connectivity index (χ2n) is 13.8. The normalized spacial score (nSPS) is 42.6. The Morgan fingerprint density at radius 3 is 2.54 bits per heavy atom. The summed E-state index contributed by atoms with van der Waals surface area (Å²) in [4.78, 5) is 2.82. The van der Waals surface area contributed by atoms with Crippen LogP contribution in [0.15, 0.2) is 12.1 Å². The van der Waals surface area contributed by atoms with Gasteiger partial charge >= 0.3 is 0 Å².